The van der Waals surface area contributed by atoms with Crippen molar-refractivity contribution in [3.63, 3.8) is 0 Å². The number of fused-ring (bicyclic) bond motifs is 2. The zero-order valence-corrected chi connectivity index (χ0v) is 7.48. The molecule has 1 fully saturated rings. The van der Waals surface area contributed by atoms with Crippen LogP contribution in [0, 0.1) is 11.3 Å². The average molecular weight is 148 g/mol. The van der Waals surface area contributed by atoms with E-state index in [9.17, 15) is 0 Å². The smallest absolute Gasteiger partial charge is 0.00728 e. The molecule has 2 aliphatic carbocycles. The van der Waals surface area contributed by atoms with E-state index in [-0.39, 0.29) is 0 Å². The van der Waals surface area contributed by atoms with Gasteiger partial charge >= 0.3 is 0 Å². The molecule has 0 radical (unpaired) electrons. The van der Waals surface area contributed by atoms with E-state index >= 15 is 0 Å². The van der Waals surface area contributed by atoms with E-state index in [4.69, 9.17) is 0 Å². The van der Waals surface area contributed by atoms with E-state index in [2.05, 4.69) is 26.5 Å². The van der Waals surface area contributed by atoms with Crippen molar-refractivity contribution in [1.82, 2.24) is 0 Å². The minimum atomic E-state index is 0.440. The molecule has 11 heavy (non-hydrogen) atoms. The molecule has 60 valence electrons. The van der Waals surface area contributed by atoms with Crippen LogP contribution in [0.4, 0.5) is 0 Å². The highest BCUT2D eigenvalue weighted by Gasteiger charge is 2.43. The highest BCUT2D eigenvalue weighted by molar-refractivity contribution is 5.39. The van der Waals surface area contributed by atoms with Crippen LogP contribution < -0.4 is 0 Å². The molecule has 1 saturated carbocycles. The third kappa shape index (κ3) is 0.756. The Morgan fingerprint density at radius 3 is 2.64 bits per heavy atom. The Labute approximate surface area is 69.0 Å². The molecule has 1 atom stereocenters. The van der Waals surface area contributed by atoms with Crippen LogP contribution in [-0.4, -0.2) is 0 Å². The lowest BCUT2D eigenvalue weighted by Crippen LogP contribution is -2.21. The van der Waals surface area contributed by atoms with Gasteiger partial charge in [0.25, 0.3) is 0 Å². The summed E-state index contributed by atoms with van der Waals surface area (Å²) in [5, 5.41) is 0. The SMILES string of the molecule is C=CC1=C2CCC(C2)C1(C)C. The maximum Gasteiger partial charge on any atom is -0.00728 e. The van der Waals surface area contributed by atoms with Gasteiger partial charge in [-0.3, -0.25) is 0 Å². The molecule has 2 aliphatic rings. The Morgan fingerprint density at radius 2 is 2.27 bits per heavy atom. The molecule has 0 aliphatic heterocycles. The van der Waals surface area contributed by atoms with Crippen molar-refractivity contribution in [1.29, 1.82) is 0 Å². The summed E-state index contributed by atoms with van der Waals surface area (Å²) in [6.07, 6.45) is 6.19. The Morgan fingerprint density at radius 1 is 1.55 bits per heavy atom. The summed E-state index contributed by atoms with van der Waals surface area (Å²) in [6.45, 7) is 8.62. The van der Waals surface area contributed by atoms with Gasteiger partial charge in [-0.2, -0.15) is 0 Å². The summed E-state index contributed by atoms with van der Waals surface area (Å²) >= 11 is 0. The van der Waals surface area contributed by atoms with E-state index in [0.29, 0.717) is 5.41 Å². The van der Waals surface area contributed by atoms with E-state index in [1.165, 1.54) is 19.3 Å². The molecule has 0 amide bonds. The summed E-state index contributed by atoms with van der Waals surface area (Å²) in [5.41, 5.74) is 3.68. The van der Waals surface area contributed by atoms with Crippen molar-refractivity contribution >= 4 is 0 Å². The zero-order valence-electron chi connectivity index (χ0n) is 7.48. The monoisotopic (exact) mass is 148 g/mol. The molecule has 0 heteroatoms. The van der Waals surface area contributed by atoms with Crippen molar-refractivity contribution in [2.24, 2.45) is 11.3 Å². The molecule has 0 aromatic heterocycles. The molecule has 0 N–H and O–H groups in total. The molecule has 0 heterocycles. The van der Waals surface area contributed by atoms with Crippen molar-refractivity contribution in [3.05, 3.63) is 23.8 Å². The van der Waals surface area contributed by atoms with E-state index in [1.807, 2.05) is 0 Å². The van der Waals surface area contributed by atoms with Gasteiger partial charge in [-0.05, 0) is 36.2 Å². The maximum absolute atomic E-state index is 3.90. The number of allylic oxidation sites excluding steroid dienone is 3. The second-order valence-corrected chi connectivity index (χ2v) is 4.38. The van der Waals surface area contributed by atoms with Crippen molar-refractivity contribution in [3.8, 4) is 0 Å². The van der Waals surface area contributed by atoms with Crippen LogP contribution in [0.15, 0.2) is 23.8 Å². The number of hydrogen-bond donors (Lipinski definition) is 0. The quantitative estimate of drug-likeness (QED) is 0.535. The molecule has 0 saturated heterocycles. The molecule has 0 aromatic rings. The first-order chi connectivity index (χ1) is 5.16. The summed E-state index contributed by atoms with van der Waals surface area (Å²) in [5.74, 6) is 0.922. The van der Waals surface area contributed by atoms with E-state index < -0.39 is 0 Å². The zero-order chi connectivity index (χ0) is 8.06. The van der Waals surface area contributed by atoms with Crippen LogP contribution in [0.1, 0.15) is 33.1 Å². The van der Waals surface area contributed by atoms with Gasteiger partial charge in [-0.25, -0.2) is 0 Å². The fourth-order valence-electron chi connectivity index (χ4n) is 2.79. The minimum Gasteiger partial charge on any atom is -0.0988 e. The lowest BCUT2D eigenvalue weighted by molar-refractivity contribution is 0.292. The summed E-state index contributed by atoms with van der Waals surface area (Å²) in [7, 11) is 0. The van der Waals surface area contributed by atoms with Gasteiger partial charge in [0, 0.05) is 0 Å². The van der Waals surface area contributed by atoms with Gasteiger partial charge in [0.15, 0.2) is 0 Å². The largest absolute Gasteiger partial charge is 0.0988 e. The fraction of sp³-hybridized carbons (Fsp3) is 0.636. The van der Waals surface area contributed by atoms with E-state index in [0.717, 1.165) is 5.92 Å². The fourth-order valence-corrected chi connectivity index (χ4v) is 2.79. The number of hydrogen-bond acceptors (Lipinski definition) is 0. The topological polar surface area (TPSA) is 0 Å². The van der Waals surface area contributed by atoms with Gasteiger partial charge < -0.3 is 0 Å². The first kappa shape index (κ1) is 7.15. The summed E-state index contributed by atoms with van der Waals surface area (Å²) in [4.78, 5) is 0. The standard InChI is InChI=1S/C11H16/c1-4-10-8-5-6-9(7-8)11(10,2)3/h4,9H,1,5-7H2,2-3H3. The predicted octanol–water partition coefficient (Wildman–Crippen LogP) is 3.31. The van der Waals surface area contributed by atoms with Gasteiger partial charge in [-0.15, -0.1) is 0 Å². The number of rotatable bonds is 1. The molecular formula is C11H16. The van der Waals surface area contributed by atoms with Crippen LogP contribution in [0.2, 0.25) is 0 Å². The van der Waals surface area contributed by atoms with Crippen LogP contribution in [0.5, 0.6) is 0 Å². The lowest BCUT2D eigenvalue weighted by Gasteiger charge is -2.30. The first-order valence-electron chi connectivity index (χ1n) is 4.51. The van der Waals surface area contributed by atoms with E-state index in [1.54, 1.807) is 11.1 Å². The molecule has 0 aromatic carbocycles. The highest BCUT2D eigenvalue weighted by Crippen LogP contribution is 2.55. The van der Waals surface area contributed by atoms with Crippen LogP contribution in [0.25, 0.3) is 0 Å². The Balaban J connectivity index is 2.47. The molecule has 0 nitrogen and oxygen atoms in total. The van der Waals surface area contributed by atoms with Crippen LogP contribution >= 0.6 is 0 Å². The molecular weight excluding hydrogens is 132 g/mol. The average Bonchev–Trinajstić information content (AvgIpc) is 2.44. The van der Waals surface area contributed by atoms with Gasteiger partial charge in [0.1, 0.15) is 0 Å². The van der Waals surface area contributed by atoms with Gasteiger partial charge in [-0.1, -0.05) is 32.1 Å². The Hall–Kier alpha value is -0.520. The van der Waals surface area contributed by atoms with Crippen molar-refractivity contribution in [2.75, 3.05) is 0 Å². The molecule has 2 bridgehead atoms. The highest BCUT2D eigenvalue weighted by atomic mass is 14.5. The van der Waals surface area contributed by atoms with Crippen molar-refractivity contribution < 1.29 is 0 Å². The second kappa shape index (κ2) is 2.00. The summed E-state index contributed by atoms with van der Waals surface area (Å²) < 4.78 is 0. The second-order valence-electron chi connectivity index (χ2n) is 4.38. The van der Waals surface area contributed by atoms with Gasteiger partial charge in [0.05, 0.1) is 0 Å². The molecule has 2 rings (SSSR count). The molecule has 1 unspecified atom stereocenters. The third-order valence-corrected chi connectivity index (χ3v) is 3.59. The Kier molecular flexibility index (Phi) is 1.30. The predicted molar refractivity (Wildman–Crippen MR) is 48.3 cm³/mol. The van der Waals surface area contributed by atoms with Crippen LogP contribution in [0.3, 0.4) is 0 Å². The van der Waals surface area contributed by atoms with Crippen molar-refractivity contribution in [2.45, 2.75) is 33.1 Å². The summed E-state index contributed by atoms with van der Waals surface area (Å²) in [6, 6.07) is 0. The molecule has 0 spiro atoms. The third-order valence-electron chi connectivity index (χ3n) is 3.59. The van der Waals surface area contributed by atoms with Crippen LogP contribution in [-0.2, 0) is 0 Å². The first-order valence-corrected chi connectivity index (χ1v) is 4.51. The van der Waals surface area contributed by atoms with Gasteiger partial charge in [0.2, 0.25) is 0 Å². The normalized spacial score (nSPS) is 33.1. The maximum atomic E-state index is 3.90. The lowest BCUT2D eigenvalue weighted by atomic mass is 9.74. The Bertz CT molecular complexity index is 230. The minimum absolute atomic E-state index is 0.440.